The molecule has 0 spiro atoms. The van der Waals surface area contributed by atoms with Crippen molar-refractivity contribution in [2.45, 2.75) is 30.1 Å². The molecule has 0 aliphatic heterocycles. The van der Waals surface area contributed by atoms with Crippen LogP contribution in [0.4, 0.5) is 0 Å². The van der Waals surface area contributed by atoms with Crippen LogP contribution in [0.3, 0.4) is 0 Å². The zero-order chi connectivity index (χ0) is 13.2. The Morgan fingerprint density at radius 3 is 2.68 bits per heavy atom. The molecule has 0 bridgehead atoms. The van der Waals surface area contributed by atoms with Gasteiger partial charge >= 0.3 is 0 Å². The van der Waals surface area contributed by atoms with Crippen molar-refractivity contribution in [2.75, 3.05) is 6.26 Å². The van der Waals surface area contributed by atoms with E-state index in [1.165, 1.54) is 25.5 Å². The van der Waals surface area contributed by atoms with Crippen molar-refractivity contribution in [1.82, 2.24) is 9.97 Å². The molecule has 2 aromatic rings. The van der Waals surface area contributed by atoms with E-state index in [4.69, 9.17) is 0 Å². The van der Waals surface area contributed by atoms with Crippen molar-refractivity contribution in [2.24, 2.45) is 11.8 Å². The molecule has 19 heavy (non-hydrogen) atoms. The highest BCUT2D eigenvalue weighted by molar-refractivity contribution is 7.90. The molecule has 1 aromatic carbocycles. The summed E-state index contributed by atoms with van der Waals surface area (Å²) in [6.07, 6.45) is 5.23. The highest BCUT2D eigenvalue weighted by atomic mass is 32.2. The first-order chi connectivity index (χ1) is 9.04. The Hall–Kier alpha value is -1.36. The number of imidazole rings is 1. The zero-order valence-corrected chi connectivity index (χ0v) is 11.6. The van der Waals surface area contributed by atoms with Gasteiger partial charge in [0.25, 0.3) is 0 Å². The Kier molecular flexibility index (Phi) is 2.17. The summed E-state index contributed by atoms with van der Waals surface area (Å²) in [5, 5.41) is 0. The third-order valence-corrected chi connectivity index (χ3v) is 5.73. The van der Waals surface area contributed by atoms with Gasteiger partial charge in [-0.2, -0.15) is 0 Å². The van der Waals surface area contributed by atoms with E-state index < -0.39 is 9.84 Å². The number of fused-ring (bicyclic) bond motifs is 2. The molecule has 0 amide bonds. The van der Waals surface area contributed by atoms with E-state index in [9.17, 15) is 8.42 Å². The summed E-state index contributed by atoms with van der Waals surface area (Å²) >= 11 is 0. The average molecular weight is 276 g/mol. The number of H-pyrrole nitrogens is 1. The number of aromatic nitrogens is 2. The van der Waals surface area contributed by atoms with Gasteiger partial charge in [-0.3, -0.25) is 0 Å². The molecule has 1 aromatic heterocycles. The smallest absolute Gasteiger partial charge is 0.175 e. The van der Waals surface area contributed by atoms with E-state index in [-0.39, 0.29) is 0 Å². The Morgan fingerprint density at radius 2 is 2.00 bits per heavy atom. The summed E-state index contributed by atoms with van der Waals surface area (Å²) in [5.41, 5.74) is 1.70. The number of hydrogen-bond donors (Lipinski definition) is 1. The van der Waals surface area contributed by atoms with Gasteiger partial charge in [-0.25, -0.2) is 13.4 Å². The van der Waals surface area contributed by atoms with Crippen molar-refractivity contribution < 1.29 is 8.42 Å². The number of rotatable bonds is 2. The standard InChI is InChI=1S/C14H16N2O2S/c1-19(17,18)8-5-6-11-12(7-8)16-14(15-11)13-9-3-2-4-10(9)13/h5-7,9-10,13H,2-4H2,1H3,(H,15,16). The van der Waals surface area contributed by atoms with Gasteiger partial charge in [0.1, 0.15) is 5.82 Å². The van der Waals surface area contributed by atoms with E-state index in [2.05, 4.69) is 9.97 Å². The van der Waals surface area contributed by atoms with Crippen LogP contribution in [0.1, 0.15) is 31.0 Å². The minimum Gasteiger partial charge on any atom is -0.342 e. The largest absolute Gasteiger partial charge is 0.342 e. The molecule has 2 fully saturated rings. The first kappa shape index (κ1) is 11.5. The van der Waals surface area contributed by atoms with Gasteiger partial charge < -0.3 is 4.98 Å². The highest BCUT2D eigenvalue weighted by Crippen LogP contribution is 2.62. The number of nitrogens with one attached hydrogen (secondary N) is 1. The Labute approximate surface area is 112 Å². The normalized spacial score (nSPS) is 29.6. The summed E-state index contributed by atoms with van der Waals surface area (Å²) in [6, 6.07) is 5.12. The maximum Gasteiger partial charge on any atom is 0.175 e. The first-order valence-electron chi connectivity index (χ1n) is 6.74. The molecule has 0 saturated heterocycles. The molecule has 4 nitrogen and oxygen atoms in total. The quantitative estimate of drug-likeness (QED) is 0.916. The lowest BCUT2D eigenvalue weighted by Crippen LogP contribution is -1.96. The Balaban J connectivity index is 1.76. The van der Waals surface area contributed by atoms with Crippen molar-refractivity contribution in [3.63, 3.8) is 0 Å². The number of sulfone groups is 1. The van der Waals surface area contributed by atoms with Crippen LogP contribution in [0.25, 0.3) is 11.0 Å². The fourth-order valence-corrected chi connectivity index (χ4v) is 4.27. The second kappa shape index (κ2) is 3.60. The molecule has 2 unspecified atom stereocenters. The van der Waals surface area contributed by atoms with Crippen LogP contribution in [-0.2, 0) is 9.84 Å². The molecule has 100 valence electrons. The summed E-state index contributed by atoms with van der Waals surface area (Å²) in [6.45, 7) is 0. The zero-order valence-electron chi connectivity index (χ0n) is 10.8. The van der Waals surface area contributed by atoms with Gasteiger partial charge in [-0.1, -0.05) is 6.42 Å². The lowest BCUT2D eigenvalue weighted by atomic mass is 10.1. The number of aromatic amines is 1. The van der Waals surface area contributed by atoms with E-state index in [0.717, 1.165) is 28.7 Å². The minimum absolute atomic E-state index is 0.353. The summed E-state index contributed by atoms with van der Waals surface area (Å²) < 4.78 is 23.1. The fourth-order valence-electron chi connectivity index (χ4n) is 3.62. The van der Waals surface area contributed by atoms with Crippen LogP contribution >= 0.6 is 0 Å². The van der Waals surface area contributed by atoms with Gasteiger partial charge in [-0.15, -0.1) is 0 Å². The van der Waals surface area contributed by atoms with E-state index >= 15 is 0 Å². The van der Waals surface area contributed by atoms with Gasteiger partial charge in [-0.05, 0) is 42.9 Å². The van der Waals surface area contributed by atoms with Crippen LogP contribution in [-0.4, -0.2) is 24.6 Å². The lowest BCUT2D eigenvalue weighted by molar-refractivity contribution is 0.602. The van der Waals surface area contributed by atoms with Gasteiger partial charge in [0.2, 0.25) is 0 Å². The maximum absolute atomic E-state index is 11.6. The predicted octanol–water partition coefficient (Wildman–Crippen LogP) is 2.48. The molecule has 2 saturated carbocycles. The molecular formula is C14H16N2O2S. The highest BCUT2D eigenvalue weighted by Gasteiger charge is 2.54. The molecule has 2 aliphatic carbocycles. The molecule has 5 heteroatoms. The molecule has 1 heterocycles. The van der Waals surface area contributed by atoms with E-state index in [0.29, 0.717) is 10.8 Å². The van der Waals surface area contributed by atoms with Crippen LogP contribution < -0.4 is 0 Å². The van der Waals surface area contributed by atoms with Gasteiger partial charge in [0.05, 0.1) is 15.9 Å². The van der Waals surface area contributed by atoms with Crippen molar-refractivity contribution in [1.29, 1.82) is 0 Å². The van der Waals surface area contributed by atoms with E-state index in [1.54, 1.807) is 18.2 Å². The number of nitrogens with zero attached hydrogens (tertiary/aromatic N) is 1. The topological polar surface area (TPSA) is 62.8 Å². The van der Waals surface area contributed by atoms with Crippen molar-refractivity contribution >= 4 is 20.9 Å². The molecule has 0 radical (unpaired) electrons. The van der Waals surface area contributed by atoms with Crippen LogP contribution in [0.15, 0.2) is 23.1 Å². The second-order valence-electron chi connectivity index (χ2n) is 5.86. The third-order valence-electron chi connectivity index (χ3n) is 4.62. The number of hydrogen-bond acceptors (Lipinski definition) is 3. The van der Waals surface area contributed by atoms with Gasteiger partial charge in [0, 0.05) is 12.2 Å². The SMILES string of the molecule is CS(=O)(=O)c1ccc2nc(C3C4CCCC43)[nH]c2c1. The van der Waals surface area contributed by atoms with Crippen molar-refractivity contribution in [3.8, 4) is 0 Å². The molecule has 4 rings (SSSR count). The van der Waals surface area contributed by atoms with Crippen LogP contribution in [0.2, 0.25) is 0 Å². The molecule has 2 aliphatic rings. The fraction of sp³-hybridized carbons (Fsp3) is 0.500. The first-order valence-corrected chi connectivity index (χ1v) is 8.63. The monoisotopic (exact) mass is 276 g/mol. The summed E-state index contributed by atoms with van der Waals surface area (Å²) in [4.78, 5) is 8.31. The number of benzene rings is 1. The Bertz CT molecular complexity index is 753. The predicted molar refractivity (Wildman–Crippen MR) is 72.8 cm³/mol. The minimum atomic E-state index is -3.15. The van der Waals surface area contributed by atoms with Gasteiger partial charge in [0.15, 0.2) is 9.84 Å². The van der Waals surface area contributed by atoms with Crippen LogP contribution in [0, 0.1) is 11.8 Å². The second-order valence-corrected chi connectivity index (χ2v) is 7.87. The molecular weight excluding hydrogens is 260 g/mol. The maximum atomic E-state index is 11.6. The summed E-state index contributed by atoms with van der Waals surface area (Å²) in [7, 11) is -3.15. The van der Waals surface area contributed by atoms with Crippen LogP contribution in [0.5, 0.6) is 0 Å². The third kappa shape index (κ3) is 1.71. The molecule has 2 atom stereocenters. The summed E-state index contributed by atoms with van der Waals surface area (Å²) in [5.74, 6) is 3.27. The van der Waals surface area contributed by atoms with Crippen molar-refractivity contribution in [3.05, 3.63) is 24.0 Å². The average Bonchev–Trinajstić information content (AvgIpc) is 2.78. The van der Waals surface area contributed by atoms with E-state index in [1.807, 2.05) is 0 Å². The Morgan fingerprint density at radius 1 is 1.26 bits per heavy atom. The molecule has 1 N–H and O–H groups in total. The lowest BCUT2D eigenvalue weighted by Gasteiger charge is -1.97.